The summed E-state index contributed by atoms with van der Waals surface area (Å²) < 4.78 is 56.8. The molecule has 21 heavy (non-hydrogen) atoms. The Morgan fingerprint density at radius 1 is 0.762 bits per heavy atom. The molecule has 2 aromatic carbocycles. The zero-order valence-corrected chi connectivity index (χ0v) is 11.7. The Balaban J connectivity index is 0.00000220. The molecule has 0 saturated carbocycles. The molecule has 0 heterocycles. The van der Waals surface area contributed by atoms with Gasteiger partial charge in [-0.05, 0) is 5.56 Å². The molecule has 0 radical (unpaired) electrons. The van der Waals surface area contributed by atoms with E-state index in [2.05, 4.69) is 0 Å². The van der Waals surface area contributed by atoms with Gasteiger partial charge in [0, 0.05) is 17.7 Å². The van der Waals surface area contributed by atoms with Crippen LogP contribution < -0.4 is 5.73 Å². The molecule has 0 atom stereocenters. The second kappa shape index (κ2) is 6.45. The zero-order chi connectivity index (χ0) is 14.8. The van der Waals surface area contributed by atoms with Crippen molar-refractivity contribution in [1.29, 1.82) is 0 Å². The van der Waals surface area contributed by atoms with Gasteiger partial charge in [-0.25, -0.2) is 0 Å². The maximum atomic E-state index is 14.3. The van der Waals surface area contributed by atoms with E-state index >= 15 is 0 Å². The van der Waals surface area contributed by atoms with Crippen LogP contribution in [-0.4, -0.2) is 0 Å². The van der Waals surface area contributed by atoms with E-state index in [4.69, 9.17) is 5.73 Å². The van der Waals surface area contributed by atoms with Crippen LogP contribution in [0.4, 0.5) is 17.6 Å². The van der Waals surface area contributed by atoms with Crippen LogP contribution >= 0.6 is 12.4 Å². The first kappa shape index (κ1) is 17.5. The van der Waals surface area contributed by atoms with Gasteiger partial charge in [-0.15, -0.1) is 12.4 Å². The van der Waals surface area contributed by atoms with E-state index in [9.17, 15) is 17.6 Å². The number of hydrogen-bond donors (Lipinski definition) is 1. The van der Waals surface area contributed by atoms with E-state index in [1.54, 1.807) is 0 Å². The van der Waals surface area contributed by atoms with E-state index < -0.39 is 23.0 Å². The molecule has 0 amide bonds. The fourth-order valence-corrected chi connectivity index (χ4v) is 2.00. The summed E-state index contributed by atoms with van der Waals surface area (Å²) in [4.78, 5) is 0. The van der Waals surface area contributed by atoms with E-state index in [0.717, 1.165) is 18.2 Å². The predicted octanol–water partition coefficient (Wildman–Crippen LogP) is 4.45. The average molecular weight is 320 g/mol. The largest absolute Gasteiger partial charge is 0.340 e. The third kappa shape index (κ3) is 3.04. The van der Waals surface area contributed by atoms with E-state index in [0.29, 0.717) is 0 Å². The smallest absolute Gasteiger partial charge is 0.326 e. The van der Waals surface area contributed by atoms with Crippen LogP contribution in [-0.2, 0) is 18.4 Å². The monoisotopic (exact) mass is 319 g/mol. The highest BCUT2D eigenvalue weighted by atomic mass is 35.5. The molecule has 0 aliphatic heterocycles. The van der Waals surface area contributed by atoms with E-state index in [-0.39, 0.29) is 24.5 Å². The van der Waals surface area contributed by atoms with E-state index in [1.807, 2.05) is 0 Å². The van der Waals surface area contributed by atoms with Crippen LogP contribution in [0.3, 0.4) is 0 Å². The molecule has 0 aliphatic carbocycles. The average Bonchev–Trinajstić information content (AvgIpc) is 2.47. The number of hydrogen-bond acceptors (Lipinski definition) is 1. The number of benzene rings is 2. The molecule has 0 unspecified atom stereocenters. The number of nitrogens with two attached hydrogens (primary N) is 1. The molecule has 2 N–H and O–H groups in total. The van der Waals surface area contributed by atoms with Crippen molar-refractivity contribution in [3.63, 3.8) is 0 Å². The van der Waals surface area contributed by atoms with Gasteiger partial charge in [-0.3, -0.25) is 0 Å². The molecule has 0 aromatic heterocycles. The maximum Gasteiger partial charge on any atom is 0.340 e. The van der Waals surface area contributed by atoms with Gasteiger partial charge >= 0.3 is 11.8 Å². The fourth-order valence-electron chi connectivity index (χ4n) is 2.00. The standard InChI is InChI=1S/C15H13F4N.ClH/c16-14(17,12-7-2-1-3-8-12)15(18,19)13-9-5-4-6-11(13)10-20;/h1-9H,10,20H2;1H. The SMILES string of the molecule is Cl.NCc1ccccc1C(F)(F)C(F)(F)c1ccccc1. The van der Waals surface area contributed by atoms with Crippen molar-refractivity contribution >= 4 is 12.4 Å². The van der Waals surface area contributed by atoms with Crippen LogP contribution in [0.2, 0.25) is 0 Å². The van der Waals surface area contributed by atoms with Crippen molar-refractivity contribution in [2.45, 2.75) is 18.4 Å². The van der Waals surface area contributed by atoms with Crippen LogP contribution in [0.25, 0.3) is 0 Å². The van der Waals surface area contributed by atoms with Crippen molar-refractivity contribution in [2.24, 2.45) is 5.73 Å². The van der Waals surface area contributed by atoms with E-state index in [1.165, 1.54) is 36.4 Å². The molecule has 0 bridgehead atoms. The maximum absolute atomic E-state index is 14.3. The van der Waals surface area contributed by atoms with Gasteiger partial charge in [0.05, 0.1) is 0 Å². The highest BCUT2D eigenvalue weighted by molar-refractivity contribution is 5.85. The second-order valence-corrected chi connectivity index (χ2v) is 4.38. The van der Waals surface area contributed by atoms with Crippen molar-refractivity contribution in [3.8, 4) is 0 Å². The molecule has 2 rings (SSSR count). The summed E-state index contributed by atoms with van der Waals surface area (Å²) in [6, 6.07) is 11.2. The summed E-state index contributed by atoms with van der Waals surface area (Å²) in [5.74, 6) is -8.64. The lowest BCUT2D eigenvalue weighted by molar-refractivity contribution is -0.224. The van der Waals surface area contributed by atoms with Crippen molar-refractivity contribution < 1.29 is 17.6 Å². The minimum Gasteiger partial charge on any atom is -0.326 e. The summed E-state index contributed by atoms with van der Waals surface area (Å²) in [7, 11) is 0. The van der Waals surface area contributed by atoms with Gasteiger partial charge in [0.15, 0.2) is 0 Å². The molecule has 6 heteroatoms. The number of halogens is 5. The van der Waals surface area contributed by atoms with Gasteiger partial charge in [0.25, 0.3) is 0 Å². The lowest BCUT2D eigenvalue weighted by atomic mass is 9.93. The van der Waals surface area contributed by atoms with Crippen LogP contribution in [0.15, 0.2) is 54.6 Å². The fraction of sp³-hybridized carbons (Fsp3) is 0.200. The lowest BCUT2D eigenvalue weighted by Gasteiger charge is -2.28. The molecule has 1 nitrogen and oxygen atoms in total. The first-order chi connectivity index (χ1) is 9.41. The molecule has 0 spiro atoms. The summed E-state index contributed by atoms with van der Waals surface area (Å²) in [5, 5.41) is 0. The predicted molar refractivity (Wildman–Crippen MR) is 75.8 cm³/mol. The Morgan fingerprint density at radius 2 is 1.29 bits per heavy atom. The minimum absolute atomic E-state index is 0. The molecule has 0 fully saturated rings. The first-order valence-corrected chi connectivity index (χ1v) is 6.01. The summed E-state index contributed by atoms with van der Waals surface area (Å²) >= 11 is 0. The molecule has 0 saturated heterocycles. The van der Waals surface area contributed by atoms with Crippen LogP contribution in [0.5, 0.6) is 0 Å². The minimum atomic E-state index is -4.33. The Bertz CT molecular complexity index is 587. The number of rotatable bonds is 4. The van der Waals surface area contributed by atoms with Crippen LogP contribution in [0, 0.1) is 0 Å². The molecule has 0 aliphatic rings. The van der Waals surface area contributed by atoms with Gasteiger partial charge in [-0.1, -0.05) is 54.6 Å². The molecular formula is C15H14ClF4N. The summed E-state index contributed by atoms with van der Waals surface area (Å²) in [5.41, 5.74) is 3.89. The van der Waals surface area contributed by atoms with Crippen molar-refractivity contribution in [2.75, 3.05) is 0 Å². The van der Waals surface area contributed by atoms with Crippen molar-refractivity contribution in [3.05, 3.63) is 71.3 Å². The molecule has 2 aromatic rings. The highest BCUT2D eigenvalue weighted by Crippen LogP contribution is 2.50. The zero-order valence-electron chi connectivity index (χ0n) is 10.9. The third-order valence-corrected chi connectivity index (χ3v) is 3.11. The highest BCUT2D eigenvalue weighted by Gasteiger charge is 2.58. The van der Waals surface area contributed by atoms with Gasteiger partial charge in [-0.2, -0.15) is 17.6 Å². The van der Waals surface area contributed by atoms with Crippen molar-refractivity contribution in [1.82, 2.24) is 0 Å². The summed E-state index contributed by atoms with van der Waals surface area (Å²) in [6.07, 6.45) is 0. The Hall–Kier alpha value is -1.59. The summed E-state index contributed by atoms with van der Waals surface area (Å²) in [6.45, 7) is -0.226. The second-order valence-electron chi connectivity index (χ2n) is 4.38. The lowest BCUT2D eigenvalue weighted by Crippen LogP contribution is -2.36. The normalized spacial score (nSPS) is 11.9. The Morgan fingerprint density at radius 3 is 1.86 bits per heavy atom. The van der Waals surface area contributed by atoms with Gasteiger partial charge < -0.3 is 5.73 Å². The number of alkyl halides is 4. The van der Waals surface area contributed by atoms with Crippen LogP contribution in [0.1, 0.15) is 16.7 Å². The molecule has 114 valence electrons. The Kier molecular flexibility index (Phi) is 5.36. The third-order valence-electron chi connectivity index (χ3n) is 3.11. The topological polar surface area (TPSA) is 26.0 Å². The quantitative estimate of drug-likeness (QED) is 0.828. The van der Waals surface area contributed by atoms with Gasteiger partial charge in [0.1, 0.15) is 0 Å². The molecular weight excluding hydrogens is 306 g/mol. The van der Waals surface area contributed by atoms with Gasteiger partial charge in [0.2, 0.25) is 0 Å². The first-order valence-electron chi connectivity index (χ1n) is 6.01. The Labute approximate surface area is 126 Å².